The van der Waals surface area contributed by atoms with Crippen molar-refractivity contribution in [1.29, 1.82) is 0 Å². The van der Waals surface area contributed by atoms with Crippen molar-refractivity contribution in [2.45, 2.75) is 46.6 Å². The Labute approximate surface area is 120 Å². The van der Waals surface area contributed by atoms with Gasteiger partial charge >= 0.3 is 0 Å². The number of rotatable bonds is 8. The van der Waals surface area contributed by atoms with Gasteiger partial charge in [-0.1, -0.05) is 27.7 Å². The summed E-state index contributed by atoms with van der Waals surface area (Å²) in [7, 11) is 1.82. The van der Waals surface area contributed by atoms with Crippen molar-refractivity contribution in [1.82, 2.24) is 10.2 Å². The van der Waals surface area contributed by atoms with Gasteiger partial charge in [-0.3, -0.25) is 4.90 Å². The third-order valence-corrected chi connectivity index (χ3v) is 4.33. The van der Waals surface area contributed by atoms with Gasteiger partial charge in [0.2, 0.25) is 0 Å². The van der Waals surface area contributed by atoms with E-state index in [-0.39, 0.29) is 0 Å². The number of nitrogens with one attached hydrogen (secondary N) is 1. The van der Waals surface area contributed by atoms with Gasteiger partial charge in [0.1, 0.15) is 0 Å². The van der Waals surface area contributed by atoms with E-state index in [1.165, 1.54) is 25.9 Å². The lowest BCUT2D eigenvalue weighted by Gasteiger charge is -2.38. The van der Waals surface area contributed by atoms with E-state index < -0.39 is 0 Å². The summed E-state index contributed by atoms with van der Waals surface area (Å²) in [5, 5.41) is 3.58. The van der Waals surface area contributed by atoms with Crippen LogP contribution in [0.15, 0.2) is 0 Å². The number of hydrogen-bond donors (Lipinski definition) is 1. The van der Waals surface area contributed by atoms with Gasteiger partial charge in [-0.25, -0.2) is 0 Å². The highest BCUT2D eigenvalue weighted by Gasteiger charge is 2.26. The molecule has 0 spiro atoms. The zero-order chi connectivity index (χ0) is 14.3. The van der Waals surface area contributed by atoms with Crippen LogP contribution in [0.25, 0.3) is 0 Å². The highest BCUT2D eigenvalue weighted by atomic mass is 16.5. The molecule has 0 aromatic carbocycles. The molecule has 0 aliphatic carbocycles. The van der Waals surface area contributed by atoms with Gasteiger partial charge in [0.15, 0.2) is 0 Å². The molecule has 114 valence electrons. The Bertz CT molecular complexity index is 223. The van der Waals surface area contributed by atoms with Crippen molar-refractivity contribution < 1.29 is 4.74 Å². The molecule has 1 N–H and O–H groups in total. The van der Waals surface area contributed by atoms with E-state index in [0.29, 0.717) is 6.04 Å². The summed E-state index contributed by atoms with van der Waals surface area (Å²) in [6.07, 6.45) is 2.70. The molecule has 3 nitrogen and oxygen atoms in total. The number of piperidine rings is 1. The minimum Gasteiger partial charge on any atom is -0.383 e. The summed E-state index contributed by atoms with van der Waals surface area (Å²) in [6.45, 7) is 14.7. The quantitative estimate of drug-likeness (QED) is 0.734. The predicted octanol–water partition coefficient (Wildman–Crippen LogP) is 2.62. The smallest absolute Gasteiger partial charge is 0.0630 e. The van der Waals surface area contributed by atoms with E-state index in [4.69, 9.17) is 4.74 Å². The lowest BCUT2D eigenvalue weighted by atomic mass is 9.86. The van der Waals surface area contributed by atoms with Gasteiger partial charge in [-0.05, 0) is 50.2 Å². The van der Waals surface area contributed by atoms with E-state index in [0.717, 1.165) is 37.5 Å². The highest BCUT2D eigenvalue weighted by molar-refractivity contribution is 4.81. The van der Waals surface area contributed by atoms with Crippen LogP contribution in [0.1, 0.15) is 40.5 Å². The lowest BCUT2D eigenvalue weighted by Crippen LogP contribution is -2.49. The number of hydrogen-bond acceptors (Lipinski definition) is 3. The molecular formula is C16H34N2O. The van der Waals surface area contributed by atoms with Gasteiger partial charge in [0.05, 0.1) is 6.61 Å². The monoisotopic (exact) mass is 270 g/mol. The fourth-order valence-corrected chi connectivity index (χ4v) is 2.98. The van der Waals surface area contributed by atoms with Crippen molar-refractivity contribution in [2.24, 2.45) is 17.8 Å². The standard InChI is InChI=1S/C16H34N2O/c1-13(2)10-17-11-16(12-19-5)18-8-6-15(7-9-18)14(3)4/h13-17H,6-12H2,1-5H3. The van der Waals surface area contributed by atoms with Crippen LogP contribution in [0.3, 0.4) is 0 Å². The van der Waals surface area contributed by atoms with Gasteiger partial charge in [0, 0.05) is 19.7 Å². The molecule has 0 aromatic heterocycles. The lowest BCUT2D eigenvalue weighted by molar-refractivity contribution is 0.0573. The molecule has 1 aliphatic heterocycles. The maximum Gasteiger partial charge on any atom is 0.0630 e. The van der Waals surface area contributed by atoms with Crippen LogP contribution in [0.2, 0.25) is 0 Å². The van der Waals surface area contributed by atoms with Crippen LogP contribution in [-0.2, 0) is 4.74 Å². The van der Waals surface area contributed by atoms with E-state index in [1.807, 2.05) is 7.11 Å². The van der Waals surface area contributed by atoms with Crippen molar-refractivity contribution in [2.75, 3.05) is 39.9 Å². The first-order valence-corrected chi connectivity index (χ1v) is 7.98. The summed E-state index contributed by atoms with van der Waals surface area (Å²) in [6, 6.07) is 0.539. The molecule has 1 rings (SSSR count). The number of ether oxygens (including phenoxy) is 1. The Hall–Kier alpha value is -0.120. The van der Waals surface area contributed by atoms with Gasteiger partial charge in [-0.2, -0.15) is 0 Å². The molecule has 0 bridgehead atoms. The molecule has 1 heterocycles. The molecule has 0 amide bonds. The SMILES string of the molecule is COCC(CNCC(C)C)N1CCC(C(C)C)CC1. The first kappa shape index (κ1) is 16.9. The molecule has 1 unspecified atom stereocenters. The van der Waals surface area contributed by atoms with Crippen molar-refractivity contribution in [3.8, 4) is 0 Å². The average Bonchev–Trinajstić information content (AvgIpc) is 2.37. The largest absolute Gasteiger partial charge is 0.383 e. The average molecular weight is 270 g/mol. The predicted molar refractivity (Wildman–Crippen MR) is 82.5 cm³/mol. The maximum absolute atomic E-state index is 5.41. The molecule has 1 fully saturated rings. The zero-order valence-electron chi connectivity index (χ0n) is 13.6. The van der Waals surface area contributed by atoms with Crippen LogP contribution in [-0.4, -0.2) is 50.8 Å². The second-order valence-corrected chi connectivity index (χ2v) is 6.78. The first-order chi connectivity index (χ1) is 9.04. The summed E-state index contributed by atoms with van der Waals surface area (Å²) < 4.78 is 5.41. The minimum atomic E-state index is 0.539. The molecule has 0 aromatic rings. The second kappa shape index (κ2) is 8.93. The van der Waals surface area contributed by atoms with Crippen LogP contribution in [0, 0.1) is 17.8 Å². The third kappa shape index (κ3) is 6.24. The van der Waals surface area contributed by atoms with Gasteiger partial charge in [0.25, 0.3) is 0 Å². The summed E-state index contributed by atoms with van der Waals surface area (Å²) >= 11 is 0. The summed E-state index contributed by atoms with van der Waals surface area (Å²) in [5.41, 5.74) is 0. The Kier molecular flexibility index (Phi) is 7.96. The van der Waals surface area contributed by atoms with E-state index in [2.05, 4.69) is 37.9 Å². The Balaban J connectivity index is 2.35. The third-order valence-electron chi connectivity index (χ3n) is 4.33. The van der Waals surface area contributed by atoms with E-state index in [9.17, 15) is 0 Å². The van der Waals surface area contributed by atoms with Crippen molar-refractivity contribution in [3.63, 3.8) is 0 Å². The summed E-state index contributed by atoms with van der Waals surface area (Å²) in [5.74, 6) is 2.47. The summed E-state index contributed by atoms with van der Waals surface area (Å²) in [4.78, 5) is 2.62. The fourth-order valence-electron chi connectivity index (χ4n) is 2.98. The topological polar surface area (TPSA) is 24.5 Å². The zero-order valence-corrected chi connectivity index (χ0v) is 13.6. The molecule has 1 atom stereocenters. The van der Waals surface area contributed by atoms with Crippen LogP contribution in [0.4, 0.5) is 0 Å². The van der Waals surface area contributed by atoms with E-state index in [1.54, 1.807) is 0 Å². The van der Waals surface area contributed by atoms with Crippen LogP contribution in [0.5, 0.6) is 0 Å². The molecule has 3 heteroatoms. The Morgan fingerprint density at radius 2 is 1.74 bits per heavy atom. The minimum absolute atomic E-state index is 0.539. The normalized spacial score (nSPS) is 20.4. The van der Waals surface area contributed by atoms with E-state index >= 15 is 0 Å². The highest BCUT2D eigenvalue weighted by Crippen LogP contribution is 2.25. The Morgan fingerprint density at radius 1 is 1.11 bits per heavy atom. The van der Waals surface area contributed by atoms with Crippen LogP contribution >= 0.6 is 0 Å². The molecule has 1 saturated heterocycles. The number of likely N-dealkylation sites (tertiary alicyclic amines) is 1. The van der Waals surface area contributed by atoms with Crippen molar-refractivity contribution in [3.05, 3.63) is 0 Å². The van der Waals surface area contributed by atoms with Crippen LogP contribution < -0.4 is 5.32 Å². The van der Waals surface area contributed by atoms with Crippen molar-refractivity contribution >= 4 is 0 Å². The second-order valence-electron chi connectivity index (χ2n) is 6.78. The first-order valence-electron chi connectivity index (χ1n) is 7.98. The number of nitrogens with zero attached hydrogens (tertiary/aromatic N) is 1. The molecule has 19 heavy (non-hydrogen) atoms. The van der Waals surface area contributed by atoms with Gasteiger partial charge < -0.3 is 10.1 Å². The molecule has 0 radical (unpaired) electrons. The number of methoxy groups -OCH3 is 1. The molecule has 1 aliphatic rings. The maximum atomic E-state index is 5.41. The van der Waals surface area contributed by atoms with Gasteiger partial charge in [-0.15, -0.1) is 0 Å². The molecular weight excluding hydrogens is 236 g/mol. The fraction of sp³-hybridized carbons (Fsp3) is 1.00. The molecule has 0 saturated carbocycles. The Morgan fingerprint density at radius 3 is 2.21 bits per heavy atom.